The number of carbonyl (C=O) groups excluding carboxylic acids is 3. The summed E-state index contributed by atoms with van der Waals surface area (Å²) in [5.41, 5.74) is -0.376. The smallest absolute Gasteiger partial charge is 0.310 e. The van der Waals surface area contributed by atoms with Gasteiger partial charge in [-0.15, -0.1) is 0 Å². The SMILES string of the molecule is CC(=O)c1c(O)cc2c(c1O)C(=O)/C=C/C[C@H](C)OC(=O)C2. The Labute approximate surface area is 127 Å². The van der Waals surface area contributed by atoms with Gasteiger partial charge in [0.2, 0.25) is 0 Å². The Balaban J connectivity index is 2.66. The Hall–Kier alpha value is -2.63. The van der Waals surface area contributed by atoms with Crippen LogP contribution in [-0.4, -0.2) is 33.9 Å². The zero-order chi connectivity index (χ0) is 16.4. The summed E-state index contributed by atoms with van der Waals surface area (Å²) in [7, 11) is 0. The van der Waals surface area contributed by atoms with Crippen LogP contribution in [0.5, 0.6) is 11.5 Å². The van der Waals surface area contributed by atoms with Gasteiger partial charge in [-0.25, -0.2) is 0 Å². The predicted octanol–water partition coefficient (Wildman–Crippen LogP) is 1.92. The van der Waals surface area contributed by atoms with Crippen LogP contribution < -0.4 is 0 Å². The van der Waals surface area contributed by atoms with E-state index >= 15 is 0 Å². The lowest BCUT2D eigenvalue weighted by Crippen LogP contribution is -2.19. The Bertz CT molecular complexity index is 686. The highest BCUT2D eigenvalue weighted by Gasteiger charge is 2.26. The maximum atomic E-state index is 12.3. The highest BCUT2D eigenvalue weighted by Crippen LogP contribution is 2.35. The van der Waals surface area contributed by atoms with Crippen molar-refractivity contribution in [2.24, 2.45) is 0 Å². The van der Waals surface area contributed by atoms with Crippen LogP contribution in [0.4, 0.5) is 0 Å². The number of hydrogen-bond acceptors (Lipinski definition) is 6. The van der Waals surface area contributed by atoms with Crippen LogP contribution in [-0.2, 0) is 16.0 Å². The molecule has 1 aliphatic heterocycles. The van der Waals surface area contributed by atoms with E-state index in [4.69, 9.17) is 4.74 Å². The van der Waals surface area contributed by atoms with Crippen LogP contribution in [0.15, 0.2) is 18.2 Å². The van der Waals surface area contributed by atoms with Crippen LogP contribution in [0.1, 0.15) is 46.5 Å². The van der Waals surface area contributed by atoms with Crippen molar-refractivity contribution in [1.29, 1.82) is 0 Å². The first kappa shape index (κ1) is 15.8. The van der Waals surface area contributed by atoms with Gasteiger partial charge < -0.3 is 14.9 Å². The van der Waals surface area contributed by atoms with E-state index in [-0.39, 0.29) is 29.2 Å². The first-order valence-electron chi connectivity index (χ1n) is 6.80. The maximum absolute atomic E-state index is 12.3. The highest BCUT2D eigenvalue weighted by molar-refractivity contribution is 6.12. The van der Waals surface area contributed by atoms with Crippen molar-refractivity contribution in [1.82, 2.24) is 0 Å². The van der Waals surface area contributed by atoms with Crippen LogP contribution in [0.25, 0.3) is 0 Å². The molecule has 6 heteroatoms. The number of fused-ring (bicyclic) bond motifs is 1. The van der Waals surface area contributed by atoms with E-state index in [9.17, 15) is 24.6 Å². The molecule has 0 aromatic heterocycles. The molecule has 0 saturated carbocycles. The van der Waals surface area contributed by atoms with E-state index in [0.717, 1.165) is 13.0 Å². The number of benzene rings is 1. The summed E-state index contributed by atoms with van der Waals surface area (Å²) >= 11 is 0. The van der Waals surface area contributed by atoms with Crippen molar-refractivity contribution < 1.29 is 29.3 Å². The lowest BCUT2D eigenvalue weighted by atomic mass is 9.93. The molecular formula is C16H16O6. The quantitative estimate of drug-likeness (QED) is 0.607. The molecule has 1 heterocycles. The van der Waals surface area contributed by atoms with Gasteiger partial charge in [-0.05, 0) is 31.6 Å². The van der Waals surface area contributed by atoms with Crippen molar-refractivity contribution in [2.75, 3.05) is 0 Å². The van der Waals surface area contributed by atoms with E-state index < -0.39 is 29.0 Å². The van der Waals surface area contributed by atoms with Crippen LogP contribution in [0.2, 0.25) is 0 Å². The summed E-state index contributed by atoms with van der Waals surface area (Å²) in [5.74, 6) is -2.77. The summed E-state index contributed by atoms with van der Waals surface area (Å²) in [4.78, 5) is 35.6. The van der Waals surface area contributed by atoms with E-state index in [0.29, 0.717) is 6.42 Å². The molecule has 1 aromatic carbocycles. The molecule has 0 fully saturated rings. The molecule has 0 unspecified atom stereocenters. The second-order valence-electron chi connectivity index (χ2n) is 5.19. The third-order valence-electron chi connectivity index (χ3n) is 3.36. The third-order valence-corrected chi connectivity index (χ3v) is 3.36. The van der Waals surface area contributed by atoms with Gasteiger partial charge in [-0.3, -0.25) is 14.4 Å². The molecule has 2 N–H and O–H groups in total. The molecule has 1 aromatic rings. The Kier molecular flexibility index (Phi) is 4.30. The number of ether oxygens (including phenoxy) is 1. The molecule has 1 atom stereocenters. The second kappa shape index (κ2) is 6.01. The summed E-state index contributed by atoms with van der Waals surface area (Å²) in [6.07, 6.45) is 2.51. The Morgan fingerprint density at radius 1 is 1.32 bits per heavy atom. The van der Waals surface area contributed by atoms with E-state index in [1.165, 1.54) is 12.2 Å². The maximum Gasteiger partial charge on any atom is 0.310 e. The number of Topliss-reactive ketones (excluding diaryl/α,β-unsaturated/α-hetero) is 1. The second-order valence-corrected chi connectivity index (χ2v) is 5.19. The van der Waals surface area contributed by atoms with Gasteiger partial charge in [-0.2, -0.15) is 0 Å². The molecule has 0 aliphatic carbocycles. The lowest BCUT2D eigenvalue weighted by molar-refractivity contribution is -0.147. The van der Waals surface area contributed by atoms with Crippen molar-refractivity contribution >= 4 is 17.5 Å². The van der Waals surface area contributed by atoms with Gasteiger partial charge >= 0.3 is 5.97 Å². The number of allylic oxidation sites excluding steroid dienone is 1. The van der Waals surface area contributed by atoms with Crippen molar-refractivity contribution in [3.8, 4) is 11.5 Å². The van der Waals surface area contributed by atoms with E-state index in [2.05, 4.69) is 0 Å². The molecule has 0 bridgehead atoms. The number of carbonyl (C=O) groups is 3. The van der Waals surface area contributed by atoms with Gasteiger partial charge in [-0.1, -0.05) is 6.08 Å². The van der Waals surface area contributed by atoms with Gasteiger partial charge in [0.05, 0.1) is 12.0 Å². The first-order valence-corrected chi connectivity index (χ1v) is 6.80. The molecule has 1 aliphatic rings. The molecule has 2 rings (SSSR count). The summed E-state index contributed by atoms with van der Waals surface area (Å²) in [6.45, 7) is 2.86. The molecule has 0 spiro atoms. The molecular weight excluding hydrogens is 288 g/mol. The van der Waals surface area contributed by atoms with Crippen molar-refractivity contribution in [3.05, 3.63) is 34.9 Å². The third kappa shape index (κ3) is 3.00. The van der Waals surface area contributed by atoms with Gasteiger partial charge in [0.15, 0.2) is 11.6 Å². The number of hydrogen-bond donors (Lipinski definition) is 2. The number of phenolic OH excluding ortho intramolecular Hbond substituents is 2. The fourth-order valence-corrected chi connectivity index (χ4v) is 2.39. The molecule has 6 nitrogen and oxygen atoms in total. The normalized spacial score (nSPS) is 20.0. The number of rotatable bonds is 1. The predicted molar refractivity (Wildman–Crippen MR) is 77.1 cm³/mol. The highest BCUT2D eigenvalue weighted by atomic mass is 16.5. The average molecular weight is 304 g/mol. The number of aromatic hydroxyl groups is 2. The van der Waals surface area contributed by atoms with Gasteiger partial charge in [0.25, 0.3) is 0 Å². The number of ketones is 2. The van der Waals surface area contributed by atoms with E-state index in [1.54, 1.807) is 6.92 Å². The number of phenols is 2. The average Bonchev–Trinajstić information content (AvgIpc) is 2.36. The summed E-state index contributed by atoms with van der Waals surface area (Å²) in [6, 6.07) is 1.14. The lowest BCUT2D eigenvalue weighted by Gasteiger charge is -2.16. The minimum Gasteiger partial charge on any atom is -0.507 e. The standard InChI is InChI=1S/C16H16O6/c1-8-4-3-5-11(18)15-10(7-13(20)22-8)6-12(19)14(9(2)17)16(15)21/h3,5-6,8,19,21H,4,7H2,1-2H3/b5-3+/t8-/m0/s1. The van der Waals surface area contributed by atoms with Crippen molar-refractivity contribution in [3.63, 3.8) is 0 Å². The monoisotopic (exact) mass is 304 g/mol. The van der Waals surface area contributed by atoms with Crippen LogP contribution in [0, 0.1) is 0 Å². The minimum atomic E-state index is -0.612. The van der Waals surface area contributed by atoms with Crippen LogP contribution in [0.3, 0.4) is 0 Å². The molecule has 0 radical (unpaired) electrons. The summed E-state index contributed by atoms with van der Waals surface area (Å²) in [5, 5.41) is 20.1. The summed E-state index contributed by atoms with van der Waals surface area (Å²) < 4.78 is 5.14. The van der Waals surface area contributed by atoms with E-state index in [1.807, 2.05) is 0 Å². The minimum absolute atomic E-state index is 0.119. The van der Waals surface area contributed by atoms with Crippen molar-refractivity contribution in [2.45, 2.75) is 32.8 Å². The fraction of sp³-hybridized carbons (Fsp3) is 0.312. The number of esters is 1. The Morgan fingerprint density at radius 3 is 2.64 bits per heavy atom. The van der Waals surface area contributed by atoms with Crippen LogP contribution >= 0.6 is 0 Å². The zero-order valence-corrected chi connectivity index (χ0v) is 12.3. The van der Waals surface area contributed by atoms with Gasteiger partial charge in [0, 0.05) is 6.42 Å². The topological polar surface area (TPSA) is 101 Å². The zero-order valence-electron chi connectivity index (χ0n) is 12.3. The molecule has 22 heavy (non-hydrogen) atoms. The number of cyclic esters (lactones) is 1. The molecule has 0 saturated heterocycles. The first-order chi connectivity index (χ1) is 10.3. The fourth-order valence-electron chi connectivity index (χ4n) is 2.39. The van der Waals surface area contributed by atoms with Gasteiger partial charge in [0.1, 0.15) is 23.2 Å². The molecule has 116 valence electrons. The Morgan fingerprint density at radius 2 is 2.00 bits per heavy atom. The molecule has 0 amide bonds. The largest absolute Gasteiger partial charge is 0.507 e.